The number of aromatic nitrogens is 1. The summed E-state index contributed by atoms with van der Waals surface area (Å²) in [5.41, 5.74) is 0.649. The number of nitrogens with one attached hydrogen (secondary N) is 2. The highest BCUT2D eigenvalue weighted by atomic mass is 32.1. The first kappa shape index (κ1) is 24.0. The molecule has 9 heteroatoms. The van der Waals surface area contributed by atoms with Gasteiger partial charge in [0.25, 0.3) is 0 Å². The van der Waals surface area contributed by atoms with Crippen molar-refractivity contribution >= 4 is 28.9 Å². The summed E-state index contributed by atoms with van der Waals surface area (Å²) in [6, 6.07) is 4.08. The fourth-order valence-electron chi connectivity index (χ4n) is 3.68. The fourth-order valence-corrected chi connectivity index (χ4v) is 4.63. The molecule has 1 fully saturated rings. The number of amides is 2. The van der Waals surface area contributed by atoms with Gasteiger partial charge in [0.1, 0.15) is 22.6 Å². The van der Waals surface area contributed by atoms with E-state index < -0.39 is 17.9 Å². The van der Waals surface area contributed by atoms with Gasteiger partial charge in [0.15, 0.2) is 0 Å². The Bertz CT molecular complexity index is 976. The van der Waals surface area contributed by atoms with E-state index in [9.17, 15) is 18.8 Å². The molecule has 3 atom stereocenters. The standard InChI is InChI=1S/C23H29FN4O3S/c1-13(2)19(27-21(30)14(3)25-4)23(31)28-11-5-6-18(28)22-26-17(12-32-22)20(29)15-7-9-16(24)10-8-15/h7-10,12-14,18-19,25H,5-6,11H2,1-4H3,(H,27,30)/t14-,18-,19-/m0/s1. The third kappa shape index (κ3) is 5.21. The molecule has 2 heterocycles. The number of nitrogens with zero attached hydrogens (tertiary/aromatic N) is 2. The normalized spacial score (nSPS) is 17.9. The Hall–Kier alpha value is -2.65. The van der Waals surface area contributed by atoms with Gasteiger partial charge in [0.05, 0.1) is 12.1 Å². The number of likely N-dealkylation sites (N-methyl/N-ethyl adjacent to an activating group) is 1. The number of rotatable bonds is 8. The van der Waals surface area contributed by atoms with E-state index in [-0.39, 0.29) is 35.3 Å². The van der Waals surface area contributed by atoms with Crippen molar-refractivity contribution in [3.63, 3.8) is 0 Å². The largest absolute Gasteiger partial charge is 0.343 e. The Morgan fingerprint density at radius 1 is 1.19 bits per heavy atom. The number of hydrogen-bond acceptors (Lipinski definition) is 6. The number of halogens is 1. The van der Waals surface area contributed by atoms with E-state index in [4.69, 9.17) is 0 Å². The van der Waals surface area contributed by atoms with Crippen molar-refractivity contribution in [2.24, 2.45) is 5.92 Å². The lowest BCUT2D eigenvalue weighted by atomic mass is 10.0. The summed E-state index contributed by atoms with van der Waals surface area (Å²) in [4.78, 5) is 44.7. The molecule has 7 nitrogen and oxygen atoms in total. The smallest absolute Gasteiger partial charge is 0.246 e. The molecule has 1 aromatic heterocycles. The van der Waals surface area contributed by atoms with Crippen LogP contribution in [0.5, 0.6) is 0 Å². The van der Waals surface area contributed by atoms with Crippen LogP contribution in [0.2, 0.25) is 0 Å². The van der Waals surface area contributed by atoms with Crippen molar-refractivity contribution in [1.82, 2.24) is 20.5 Å². The second-order valence-electron chi connectivity index (χ2n) is 8.34. The van der Waals surface area contributed by atoms with Crippen molar-refractivity contribution in [3.05, 3.63) is 51.7 Å². The van der Waals surface area contributed by atoms with E-state index in [1.54, 1.807) is 24.3 Å². The van der Waals surface area contributed by atoms with Crippen molar-refractivity contribution in [3.8, 4) is 0 Å². The Labute approximate surface area is 191 Å². The molecule has 2 N–H and O–H groups in total. The molecule has 3 rings (SSSR count). The molecule has 0 aliphatic carbocycles. The zero-order valence-electron chi connectivity index (χ0n) is 18.7. The topological polar surface area (TPSA) is 91.4 Å². The molecule has 1 saturated heterocycles. The van der Waals surface area contributed by atoms with Crippen molar-refractivity contribution in [2.45, 2.75) is 51.7 Å². The maximum atomic E-state index is 13.4. The summed E-state index contributed by atoms with van der Waals surface area (Å²) >= 11 is 1.34. The molecule has 1 aliphatic heterocycles. The second-order valence-corrected chi connectivity index (χ2v) is 9.23. The number of carbonyl (C=O) groups excluding carboxylic acids is 3. The van der Waals surface area contributed by atoms with Gasteiger partial charge in [-0.2, -0.15) is 0 Å². The summed E-state index contributed by atoms with van der Waals surface area (Å²) in [5.74, 6) is -1.13. The second kappa shape index (κ2) is 10.3. The molecular formula is C23H29FN4O3S. The lowest BCUT2D eigenvalue weighted by Gasteiger charge is -2.31. The van der Waals surface area contributed by atoms with Crippen molar-refractivity contribution in [2.75, 3.05) is 13.6 Å². The minimum Gasteiger partial charge on any atom is -0.343 e. The van der Waals surface area contributed by atoms with Gasteiger partial charge in [-0.05, 0) is 57.0 Å². The van der Waals surface area contributed by atoms with Gasteiger partial charge < -0.3 is 15.5 Å². The van der Waals surface area contributed by atoms with Crippen LogP contribution < -0.4 is 10.6 Å². The number of benzene rings is 1. The van der Waals surface area contributed by atoms with Crippen LogP contribution in [0.15, 0.2) is 29.6 Å². The van der Waals surface area contributed by atoms with Crippen LogP contribution in [0.1, 0.15) is 60.7 Å². The molecule has 0 unspecified atom stereocenters. The predicted molar refractivity (Wildman–Crippen MR) is 121 cm³/mol. The monoisotopic (exact) mass is 460 g/mol. The van der Waals surface area contributed by atoms with E-state index >= 15 is 0 Å². The van der Waals surface area contributed by atoms with E-state index in [0.29, 0.717) is 17.1 Å². The average Bonchev–Trinajstić information content (AvgIpc) is 3.45. The Morgan fingerprint density at radius 3 is 2.50 bits per heavy atom. The van der Waals surface area contributed by atoms with Gasteiger partial charge in [-0.1, -0.05) is 13.8 Å². The highest BCUT2D eigenvalue weighted by Gasteiger charge is 2.37. The summed E-state index contributed by atoms with van der Waals surface area (Å²) in [5, 5.41) is 8.13. The highest BCUT2D eigenvalue weighted by molar-refractivity contribution is 7.10. The summed E-state index contributed by atoms with van der Waals surface area (Å²) in [6.07, 6.45) is 1.57. The zero-order chi connectivity index (χ0) is 23.4. The number of carbonyl (C=O) groups is 3. The first-order valence-corrected chi connectivity index (χ1v) is 11.6. The highest BCUT2D eigenvalue weighted by Crippen LogP contribution is 2.35. The Morgan fingerprint density at radius 2 is 1.88 bits per heavy atom. The first-order valence-electron chi connectivity index (χ1n) is 10.8. The number of likely N-dealkylation sites (tertiary alicyclic amines) is 1. The third-order valence-corrected chi connectivity index (χ3v) is 6.68. The van der Waals surface area contributed by atoms with Crippen LogP contribution >= 0.6 is 11.3 Å². The molecule has 0 spiro atoms. The van der Waals surface area contributed by atoms with Gasteiger partial charge in [-0.15, -0.1) is 11.3 Å². The quantitative estimate of drug-likeness (QED) is 0.591. The predicted octanol–water partition coefficient (Wildman–Crippen LogP) is 2.93. The molecule has 2 aromatic rings. The van der Waals surface area contributed by atoms with Crippen LogP contribution in [0.3, 0.4) is 0 Å². The molecule has 2 amide bonds. The maximum absolute atomic E-state index is 13.4. The molecule has 172 valence electrons. The molecule has 32 heavy (non-hydrogen) atoms. The zero-order valence-corrected chi connectivity index (χ0v) is 19.5. The van der Waals surface area contributed by atoms with Crippen LogP contribution in [0.4, 0.5) is 4.39 Å². The Kier molecular flexibility index (Phi) is 7.73. The summed E-state index contributed by atoms with van der Waals surface area (Å²) in [6.45, 7) is 6.12. The molecular weight excluding hydrogens is 431 g/mol. The number of ketones is 1. The van der Waals surface area contributed by atoms with E-state index in [0.717, 1.165) is 12.8 Å². The SMILES string of the molecule is CN[C@@H](C)C(=O)N[C@H](C(=O)N1CCC[C@H]1c1nc(C(=O)c2ccc(F)cc2)cs1)C(C)C. The van der Waals surface area contributed by atoms with Gasteiger partial charge in [-0.25, -0.2) is 9.37 Å². The molecule has 1 aromatic carbocycles. The summed E-state index contributed by atoms with van der Waals surface area (Å²) < 4.78 is 13.2. The molecule has 0 bridgehead atoms. The average molecular weight is 461 g/mol. The van der Waals surface area contributed by atoms with Gasteiger partial charge >= 0.3 is 0 Å². The van der Waals surface area contributed by atoms with Gasteiger partial charge in [-0.3, -0.25) is 14.4 Å². The van der Waals surface area contributed by atoms with Crippen LogP contribution in [-0.2, 0) is 9.59 Å². The van der Waals surface area contributed by atoms with Crippen LogP contribution in [0.25, 0.3) is 0 Å². The fraction of sp³-hybridized carbons (Fsp3) is 0.478. The summed E-state index contributed by atoms with van der Waals surface area (Å²) in [7, 11) is 1.69. The van der Waals surface area contributed by atoms with Crippen molar-refractivity contribution in [1.29, 1.82) is 0 Å². The van der Waals surface area contributed by atoms with Crippen molar-refractivity contribution < 1.29 is 18.8 Å². The van der Waals surface area contributed by atoms with Gasteiger partial charge in [0, 0.05) is 17.5 Å². The maximum Gasteiger partial charge on any atom is 0.246 e. The lowest BCUT2D eigenvalue weighted by molar-refractivity contribution is -0.138. The van der Waals surface area contributed by atoms with E-state index in [1.165, 1.54) is 35.6 Å². The van der Waals surface area contributed by atoms with Crippen LogP contribution in [-0.4, -0.2) is 53.2 Å². The Balaban J connectivity index is 1.77. The molecule has 1 aliphatic rings. The minimum atomic E-state index is -0.640. The lowest BCUT2D eigenvalue weighted by Crippen LogP contribution is -2.54. The minimum absolute atomic E-state index is 0.0799. The van der Waals surface area contributed by atoms with Crippen LogP contribution in [0, 0.1) is 11.7 Å². The third-order valence-electron chi connectivity index (χ3n) is 5.74. The molecule has 0 radical (unpaired) electrons. The molecule has 0 saturated carbocycles. The van der Waals surface area contributed by atoms with E-state index in [1.807, 2.05) is 13.8 Å². The number of hydrogen-bond donors (Lipinski definition) is 2. The van der Waals surface area contributed by atoms with E-state index in [2.05, 4.69) is 15.6 Å². The number of thiazole rings is 1. The first-order chi connectivity index (χ1) is 15.2. The van der Waals surface area contributed by atoms with Gasteiger partial charge in [0.2, 0.25) is 17.6 Å².